The molecule has 0 aliphatic carbocycles. The van der Waals surface area contributed by atoms with Gasteiger partial charge in [-0.05, 0) is 127 Å². The summed E-state index contributed by atoms with van der Waals surface area (Å²) in [5.74, 6) is 0. The Labute approximate surface area is 492 Å². The minimum Gasteiger partial charge on any atom is -0.215 e. The Hall–Kier alpha value is -6.02. The topological polar surface area (TPSA) is 0 Å². The predicted molar refractivity (Wildman–Crippen MR) is 346 cm³/mol. The largest absolute Gasteiger partial charge is 0.274 e. The molecule has 0 aliphatic rings. The van der Waals surface area contributed by atoms with Crippen molar-refractivity contribution < 1.29 is 17.6 Å². The summed E-state index contributed by atoms with van der Waals surface area (Å²) in [5.41, 5.74) is 17.6. The smallest absolute Gasteiger partial charge is 0.215 e. The van der Waals surface area contributed by atoms with E-state index in [1.807, 2.05) is 139 Å². The van der Waals surface area contributed by atoms with Crippen molar-refractivity contribution in [1.29, 1.82) is 0 Å². The van der Waals surface area contributed by atoms with Gasteiger partial charge in [0.2, 0.25) is 0 Å². The second-order valence-electron chi connectivity index (χ2n) is 16.6. The summed E-state index contributed by atoms with van der Waals surface area (Å²) in [6, 6.07) is 69.0. The van der Waals surface area contributed by atoms with E-state index in [0.29, 0.717) is 24.6 Å². The second kappa shape index (κ2) is 45.9. The summed E-state index contributed by atoms with van der Waals surface area (Å²) in [6.45, 7) is 14.1. The van der Waals surface area contributed by atoms with Crippen LogP contribution < -0.4 is 0 Å². The second-order valence-corrected chi connectivity index (χ2v) is 17.9. The highest BCUT2D eigenvalue weighted by Crippen LogP contribution is 2.24. The molecule has 0 spiro atoms. The number of allylic oxidation sites excluding steroid dienone is 7. The van der Waals surface area contributed by atoms with Crippen LogP contribution in [-0.2, 0) is 0 Å². The first-order valence-corrected chi connectivity index (χ1v) is 28.9. The molecule has 0 saturated heterocycles. The Kier molecular flexibility index (Phi) is 41.2. The van der Waals surface area contributed by atoms with Crippen LogP contribution >= 0.6 is 55.1 Å². The zero-order valence-electron chi connectivity index (χ0n) is 46.1. The normalized spacial score (nSPS) is 11.3. The minimum atomic E-state index is -1.58. The third-order valence-corrected chi connectivity index (χ3v) is 13.3. The molecule has 7 aromatic carbocycles. The zero-order chi connectivity index (χ0) is 57.6. The number of hydrogen-bond donors (Lipinski definition) is 0. The Balaban J connectivity index is 0.000000455. The molecule has 7 aromatic rings. The molecule has 0 aromatic heterocycles. The van der Waals surface area contributed by atoms with Crippen molar-refractivity contribution in [2.24, 2.45) is 0 Å². The molecule has 7 rings (SSSR count). The summed E-state index contributed by atoms with van der Waals surface area (Å²) in [5, 5.41) is 0. The molecule has 412 valence electrons. The SMILES string of the molecule is CC/C(=C/Br)c1ccccc1.CC/C(=C/Cl)c1ccccc1.CC/C(=C/F)c1ccccc1.CC/C(=C\Br)c1ccccc1.CC/C(=C\Cl)c1ccccc1.CC/C(=C\F)c1ccccc1.CCC(=C(F)F)c1ccccc1. The molecule has 0 nitrogen and oxygen atoms in total. The zero-order valence-corrected chi connectivity index (χ0v) is 50.8. The molecule has 0 radical (unpaired) electrons. The van der Waals surface area contributed by atoms with Gasteiger partial charge in [-0.3, -0.25) is 0 Å². The number of rotatable bonds is 14. The van der Waals surface area contributed by atoms with E-state index >= 15 is 0 Å². The molecule has 8 heteroatoms. The average Bonchev–Trinajstić information content (AvgIpc) is 3.50. The third kappa shape index (κ3) is 28.6. The van der Waals surface area contributed by atoms with Gasteiger partial charge in [0.15, 0.2) is 0 Å². The minimum absolute atomic E-state index is 0.135. The van der Waals surface area contributed by atoms with Crippen LogP contribution in [0.5, 0.6) is 0 Å². The fourth-order valence-electron chi connectivity index (χ4n) is 7.07. The van der Waals surface area contributed by atoms with Crippen molar-refractivity contribution in [2.75, 3.05) is 0 Å². The summed E-state index contributed by atoms with van der Waals surface area (Å²) >= 11 is 18.0. The molecular formula is C70H76Br2Cl2F4. The highest BCUT2D eigenvalue weighted by molar-refractivity contribution is 9.11. The first-order valence-electron chi connectivity index (χ1n) is 26.2. The van der Waals surface area contributed by atoms with Crippen LogP contribution in [0.1, 0.15) is 132 Å². The Bertz CT molecular complexity index is 2380. The molecule has 0 atom stereocenters. The Morgan fingerprint density at radius 3 is 0.654 bits per heavy atom. The van der Waals surface area contributed by atoms with Crippen LogP contribution in [0.3, 0.4) is 0 Å². The molecule has 0 N–H and O–H groups in total. The monoisotopic (exact) mass is 1220 g/mol. The lowest BCUT2D eigenvalue weighted by Gasteiger charge is -2.01. The van der Waals surface area contributed by atoms with Crippen LogP contribution in [0.4, 0.5) is 17.6 Å². The van der Waals surface area contributed by atoms with Crippen LogP contribution in [0.2, 0.25) is 0 Å². The lowest BCUT2D eigenvalue weighted by molar-refractivity contribution is 0.423. The van der Waals surface area contributed by atoms with E-state index < -0.39 is 6.08 Å². The fraction of sp³-hybridized carbons (Fsp3) is 0.200. The molecule has 0 unspecified atom stereocenters. The van der Waals surface area contributed by atoms with Gasteiger partial charge >= 0.3 is 0 Å². The van der Waals surface area contributed by atoms with Crippen LogP contribution in [0.15, 0.2) is 252 Å². The van der Waals surface area contributed by atoms with Gasteiger partial charge in [-0.25, -0.2) is 8.78 Å². The number of benzene rings is 7. The van der Waals surface area contributed by atoms with Gasteiger partial charge in [0.1, 0.15) is 0 Å². The van der Waals surface area contributed by atoms with Crippen LogP contribution in [-0.4, -0.2) is 0 Å². The van der Waals surface area contributed by atoms with Crippen molar-refractivity contribution in [2.45, 2.75) is 93.4 Å². The maximum atomic E-state index is 12.3. The highest BCUT2D eigenvalue weighted by Gasteiger charge is 2.05. The van der Waals surface area contributed by atoms with Crippen molar-refractivity contribution in [3.63, 3.8) is 0 Å². The van der Waals surface area contributed by atoms with Gasteiger partial charge in [0.05, 0.1) is 12.7 Å². The van der Waals surface area contributed by atoms with E-state index in [2.05, 4.69) is 132 Å². The Morgan fingerprint density at radius 2 is 0.500 bits per heavy atom. The van der Waals surface area contributed by atoms with Gasteiger partial charge < -0.3 is 0 Å². The summed E-state index contributed by atoms with van der Waals surface area (Å²) in [7, 11) is 0. The number of hydrogen-bond acceptors (Lipinski definition) is 0. The van der Waals surface area contributed by atoms with E-state index in [9.17, 15) is 17.6 Å². The summed E-state index contributed by atoms with van der Waals surface area (Å²) in [6.07, 6.45) is 5.70. The maximum absolute atomic E-state index is 12.3. The van der Waals surface area contributed by atoms with Crippen molar-refractivity contribution >= 4 is 94.1 Å². The van der Waals surface area contributed by atoms with Gasteiger partial charge in [0, 0.05) is 16.6 Å². The highest BCUT2D eigenvalue weighted by atomic mass is 79.9. The van der Waals surface area contributed by atoms with Crippen LogP contribution in [0, 0.1) is 0 Å². The van der Waals surface area contributed by atoms with E-state index in [1.54, 1.807) is 42.3 Å². The third-order valence-electron chi connectivity index (χ3n) is 11.6. The summed E-state index contributed by atoms with van der Waals surface area (Å²) in [4.78, 5) is 3.98. The summed E-state index contributed by atoms with van der Waals surface area (Å²) < 4.78 is 48.9. The van der Waals surface area contributed by atoms with Crippen molar-refractivity contribution in [3.05, 3.63) is 291 Å². The van der Waals surface area contributed by atoms with E-state index in [1.165, 1.54) is 44.5 Å². The van der Waals surface area contributed by atoms with E-state index in [0.717, 1.165) is 60.8 Å². The Morgan fingerprint density at radius 1 is 0.308 bits per heavy atom. The first-order chi connectivity index (χ1) is 38.0. The van der Waals surface area contributed by atoms with Gasteiger partial charge in [-0.2, -0.15) is 8.78 Å². The van der Waals surface area contributed by atoms with Crippen molar-refractivity contribution in [1.82, 2.24) is 0 Å². The van der Waals surface area contributed by atoms with Gasteiger partial charge in [-0.15, -0.1) is 0 Å². The van der Waals surface area contributed by atoms with Gasteiger partial charge in [-0.1, -0.05) is 316 Å². The van der Waals surface area contributed by atoms with E-state index in [4.69, 9.17) is 23.2 Å². The molecular weight excluding hydrogens is 1150 g/mol. The lowest BCUT2D eigenvalue weighted by Crippen LogP contribution is -1.82. The van der Waals surface area contributed by atoms with E-state index in [-0.39, 0.29) is 5.57 Å². The number of halogens is 8. The molecule has 0 amide bonds. The predicted octanol–water partition coefficient (Wildman–Crippen LogP) is 25.5. The standard InChI is InChI=1S/2C10H11Br.2C10H11Cl.C10H10F2.2C10H11F/c4*1-2-9(8-11)10-6-4-3-5-7-10;1-2-9(10(11)12)8-6-4-3-5-7-8;2*1-2-9(8-11)10-6-4-3-5-7-10/h4*3-8H,2H2,1H3;3-7H,2H2,1H3;2*3-8H,2H2,1H3/b9-8+;9-8-;9-8+;9-8-;;9-8+;9-8-. The lowest BCUT2D eigenvalue weighted by atomic mass is 10.1. The molecule has 0 fully saturated rings. The quantitative estimate of drug-likeness (QED) is 0.0952. The van der Waals surface area contributed by atoms with Crippen LogP contribution in [0.25, 0.3) is 39.0 Å². The average molecular weight is 1220 g/mol. The molecule has 0 bridgehead atoms. The van der Waals surface area contributed by atoms with Crippen molar-refractivity contribution in [3.8, 4) is 0 Å². The molecule has 78 heavy (non-hydrogen) atoms. The maximum Gasteiger partial charge on any atom is 0.274 e. The van der Waals surface area contributed by atoms with Gasteiger partial charge in [0.25, 0.3) is 6.08 Å². The molecule has 0 saturated carbocycles. The fourth-order valence-corrected chi connectivity index (χ4v) is 8.80. The molecule has 0 heterocycles. The first kappa shape index (κ1) is 70.0. The molecule has 0 aliphatic heterocycles.